The molecule has 3 aromatic rings. The van der Waals surface area contributed by atoms with Crippen LogP contribution in [0, 0.1) is 0 Å². The van der Waals surface area contributed by atoms with E-state index in [2.05, 4.69) is 19.1 Å². The highest BCUT2D eigenvalue weighted by Gasteiger charge is 2.18. The van der Waals surface area contributed by atoms with Crippen molar-refractivity contribution in [2.45, 2.75) is 96.8 Å². The van der Waals surface area contributed by atoms with Gasteiger partial charge < -0.3 is 23.4 Å². The minimum atomic E-state index is -0.517. The first-order valence-electron chi connectivity index (χ1n) is 15.7. The fourth-order valence-electron chi connectivity index (χ4n) is 5.18. The lowest BCUT2D eigenvalue weighted by Gasteiger charge is -2.14. The van der Waals surface area contributed by atoms with Crippen LogP contribution < -0.4 is 24.6 Å². The molecule has 0 aliphatic rings. The van der Waals surface area contributed by atoms with Gasteiger partial charge in [0.25, 0.3) is 0 Å². The van der Waals surface area contributed by atoms with Gasteiger partial charge in [0, 0.05) is 30.2 Å². The molecule has 0 aliphatic heterocycles. The van der Waals surface area contributed by atoms with Gasteiger partial charge in [-0.05, 0) is 49.8 Å². The molecule has 43 heavy (non-hydrogen) atoms. The Balaban J connectivity index is 1.50. The molecule has 0 unspecified atom stereocenters. The molecule has 2 aromatic carbocycles. The lowest BCUT2D eigenvalue weighted by Crippen LogP contribution is -2.08. The van der Waals surface area contributed by atoms with Gasteiger partial charge >= 0.3 is 11.6 Å². The monoisotopic (exact) mass is 592 g/mol. The van der Waals surface area contributed by atoms with Gasteiger partial charge in [-0.1, -0.05) is 76.5 Å². The van der Waals surface area contributed by atoms with Crippen LogP contribution >= 0.6 is 0 Å². The molecule has 0 radical (unpaired) electrons. The Labute approximate surface area is 256 Å². The van der Waals surface area contributed by atoms with E-state index in [9.17, 15) is 9.59 Å². The first kappa shape index (κ1) is 33.8. The van der Waals surface area contributed by atoms with Gasteiger partial charge in [-0.25, -0.2) is 4.79 Å². The summed E-state index contributed by atoms with van der Waals surface area (Å²) in [4.78, 5) is 25.1. The van der Waals surface area contributed by atoms with E-state index in [1.165, 1.54) is 78.1 Å². The zero-order chi connectivity index (χ0) is 30.9. The van der Waals surface area contributed by atoms with Crippen molar-refractivity contribution < 1.29 is 28.2 Å². The molecule has 0 aliphatic carbocycles. The van der Waals surface area contributed by atoms with Crippen molar-refractivity contribution in [2.24, 2.45) is 0 Å². The third-order valence-corrected chi connectivity index (χ3v) is 7.58. The Morgan fingerprint density at radius 1 is 0.721 bits per heavy atom. The summed E-state index contributed by atoms with van der Waals surface area (Å²) in [6.07, 6.45) is 20.6. The third-order valence-electron chi connectivity index (χ3n) is 7.58. The molecule has 0 saturated carbocycles. The average Bonchev–Trinajstić information content (AvgIpc) is 3.01. The van der Waals surface area contributed by atoms with Gasteiger partial charge in [-0.15, -0.1) is 0 Å². The maximum Gasteiger partial charge on any atom is 0.336 e. The van der Waals surface area contributed by atoms with Crippen LogP contribution in [0.25, 0.3) is 22.1 Å². The molecule has 0 spiro atoms. The van der Waals surface area contributed by atoms with Crippen LogP contribution in [-0.2, 0) is 4.79 Å². The highest BCUT2D eigenvalue weighted by Crippen LogP contribution is 2.40. The Bertz CT molecular complexity index is 1370. The first-order valence-corrected chi connectivity index (χ1v) is 15.7. The molecule has 234 valence electrons. The number of hydrogen-bond acceptors (Lipinski definition) is 7. The molecule has 0 amide bonds. The quantitative estimate of drug-likeness (QED) is 0.0425. The Kier molecular flexibility index (Phi) is 14.7. The van der Waals surface area contributed by atoms with Crippen LogP contribution in [0.3, 0.4) is 0 Å². The summed E-state index contributed by atoms with van der Waals surface area (Å²) < 4.78 is 27.5. The molecule has 0 N–H and O–H groups in total. The molecular formula is C36H48O7. The van der Waals surface area contributed by atoms with Crippen LogP contribution in [0.4, 0.5) is 0 Å². The van der Waals surface area contributed by atoms with Crippen molar-refractivity contribution in [1.29, 1.82) is 0 Å². The van der Waals surface area contributed by atoms with Gasteiger partial charge in [0.15, 0.2) is 11.5 Å². The Morgan fingerprint density at radius 3 is 2.02 bits per heavy atom. The second-order valence-corrected chi connectivity index (χ2v) is 10.9. The van der Waals surface area contributed by atoms with E-state index in [0.717, 1.165) is 25.7 Å². The summed E-state index contributed by atoms with van der Waals surface area (Å²) in [6.45, 7) is 2.25. The predicted molar refractivity (Wildman–Crippen MR) is 173 cm³/mol. The molecule has 3 rings (SSSR count). The average molecular weight is 593 g/mol. The van der Waals surface area contributed by atoms with E-state index in [1.807, 2.05) is 0 Å². The molecule has 7 nitrogen and oxygen atoms in total. The van der Waals surface area contributed by atoms with Gasteiger partial charge in [0.05, 0.1) is 26.7 Å². The summed E-state index contributed by atoms with van der Waals surface area (Å²) >= 11 is 0. The van der Waals surface area contributed by atoms with E-state index >= 15 is 0 Å². The van der Waals surface area contributed by atoms with Crippen LogP contribution in [0.5, 0.6) is 23.0 Å². The highest BCUT2D eigenvalue weighted by molar-refractivity contribution is 5.99. The van der Waals surface area contributed by atoms with Crippen LogP contribution in [0.15, 0.2) is 57.8 Å². The molecule has 0 saturated heterocycles. The molecule has 0 bridgehead atoms. The summed E-state index contributed by atoms with van der Waals surface area (Å²) in [5.74, 6) is 1.42. The number of carbonyl (C=O) groups is 1. The Morgan fingerprint density at radius 2 is 1.37 bits per heavy atom. The zero-order valence-corrected chi connectivity index (χ0v) is 26.4. The zero-order valence-electron chi connectivity index (χ0n) is 26.4. The number of ether oxygens (including phenoxy) is 4. The number of unbranched alkanes of at least 4 members (excludes halogenated alkanes) is 11. The normalized spacial score (nSPS) is 11.3. The number of methoxy groups -OCH3 is 3. The van der Waals surface area contributed by atoms with E-state index in [4.69, 9.17) is 23.4 Å². The minimum Gasteiger partial charge on any atom is -0.496 e. The number of allylic oxidation sites excluding steroid dienone is 2. The fraction of sp³-hybridized carbons (Fsp3) is 0.500. The summed E-state index contributed by atoms with van der Waals surface area (Å²) in [7, 11) is 4.60. The maximum atomic E-state index is 12.7. The van der Waals surface area contributed by atoms with Gasteiger partial charge in [0.2, 0.25) is 0 Å². The first-order chi connectivity index (χ1) is 21.0. The smallest absolute Gasteiger partial charge is 0.336 e. The number of fused-ring (bicyclic) bond motifs is 1. The molecule has 1 aromatic heterocycles. The van der Waals surface area contributed by atoms with Crippen molar-refractivity contribution in [3.05, 3.63) is 59.0 Å². The number of carbonyl (C=O) groups excluding carboxylic acids is 1. The van der Waals surface area contributed by atoms with Crippen LogP contribution in [0.2, 0.25) is 0 Å². The van der Waals surface area contributed by atoms with Crippen molar-refractivity contribution in [3.63, 3.8) is 0 Å². The van der Waals surface area contributed by atoms with Crippen LogP contribution in [-0.4, -0.2) is 27.3 Å². The van der Waals surface area contributed by atoms with E-state index in [-0.39, 0.29) is 5.97 Å². The number of benzene rings is 2. The second kappa shape index (κ2) is 18.7. The largest absolute Gasteiger partial charge is 0.496 e. The van der Waals surface area contributed by atoms with Crippen LogP contribution in [0.1, 0.15) is 96.8 Å². The van der Waals surface area contributed by atoms with Gasteiger partial charge in [0.1, 0.15) is 17.1 Å². The number of esters is 1. The predicted octanol–water partition coefficient (Wildman–Crippen LogP) is 9.43. The SMILES string of the molecule is CCCCCCCC/C=C\CCCCCCCC(=O)Oc1cc(-c2cc(=O)oc3cc(OC)cc(OC)c23)ccc1OC. The highest BCUT2D eigenvalue weighted by atomic mass is 16.6. The summed E-state index contributed by atoms with van der Waals surface area (Å²) in [5, 5.41) is 0.610. The topological polar surface area (TPSA) is 84.2 Å². The fourth-order valence-corrected chi connectivity index (χ4v) is 5.18. The molecule has 7 heteroatoms. The molecule has 1 heterocycles. The van der Waals surface area contributed by atoms with Gasteiger partial charge in [-0.2, -0.15) is 0 Å². The van der Waals surface area contributed by atoms with E-state index in [0.29, 0.717) is 51.5 Å². The second-order valence-electron chi connectivity index (χ2n) is 10.9. The van der Waals surface area contributed by atoms with Crippen molar-refractivity contribution in [2.75, 3.05) is 21.3 Å². The van der Waals surface area contributed by atoms with Crippen molar-refractivity contribution >= 4 is 16.9 Å². The minimum absolute atomic E-state index is 0.298. The standard InChI is InChI=1S/C36H48O7/c1-5-6-7-8-9-10-11-12-13-14-15-16-17-18-19-20-34(37)42-31-23-27(21-22-30(31)40-3)29-26-35(38)43-33-25-28(39-2)24-32(41-4)36(29)33/h12-13,21-26H,5-11,14-20H2,1-4H3/b13-12-. The van der Waals surface area contributed by atoms with Crippen molar-refractivity contribution in [3.8, 4) is 34.1 Å². The lowest BCUT2D eigenvalue weighted by atomic mass is 10.0. The lowest BCUT2D eigenvalue weighted by molar-refractivity contribution is -0.134. The van der Waals surface area contributed by atoms with E-state index < -0.39 is 5.63 Å². The summed E-state index contributed by atoms with van der Waals surface area (Å²) in [5.41, 5.74) is 1.06. The number of rotatable bonds is 20. The number of hydrogen-bond donors (Lipinski definition) is 0. The summed E-state index contributed by atoms with van der Waals surface area (Å²) in [6, 6.07) is 9.99. The van der Waals surface area contributed by atoms with E-state index in [1.54, 1.807) is 37.4 Å². The van der Waals surface area contributed by atoms with Crippen molar-refractivity contribution in [1.82, 2.24) is 0 Å². The molecule has 0 fully saturated rings. The maximum absolute atomic E-state index is 12.7. The van der Waals surface area contributed by atoms with Gasteiger partial charge in [-0.3, -0.25) is 4.79 Å². The molecular weight excluding hydrogens is 544 g/mol. The Hall–Kier alpha value is -3.74. The third kappa shape index (κ3) is 10.8. The molecule has 0 atom stereocenters.